The van der Waals surface area contributed by atoms with Crippen molar-refractivity contribution in [3.05, 3.63) is 28.5 Å². The van der Waals surface area contributed by atoms with Crippen LogP contribution in [-0.4, -0.2) is 29.8 Å². The van der Waals surface area contributed by atoms with Crippen molar-refractivity contribution in [3.8, 4) is 0 Å². The Balaban J connectivity index is 1.96. The molecular formula is C15H18BrFN2O2. The Kier molecular flexibility index (Phi) is 5.33. The van der Waals surface area contributed by atoms with Gasteiger partial charge in [0.05, 0.1) is 11.6 Å². The van der Waals surface area contributed by atoms with Crippen molar-refractivity contribution in [3.63, 3.8) is 0 Å². The summed E-state index contributed by atoms with van der Waals surface area (Å²) in [6, 6.07) is 4.46. The number of nitrogens with zero attached hydrogens (tertiary/aromatic N) is 1. The first-order valence-electron chi connectivity index (χ1n) is 7.05. The predicted octanol–water partition coefficient (Wildman–Crippen LogP) is 3.18. The van der Waals surface area contributed by atoms with Crippen molar-refractivity contribution in [2.75, 3.05) is 18.4 Å². The molecule has 0 bridgehead atoms. The van der Waals surface area contributed by atoms with Gasteiger partial charge in [0.1, 0.15) is 5.82 Å². The van der Waals surface area contributed by atoms with Gasteiger partial charge >= 0.3 is 0 Å². The zero-order chi connectivity index (χ0) is 15.4. The van der Waals surface area contributed by atoms with Gasteiger partial charge in [-0.2, -0.15) is 0 Å². The third-order valence-electron chi connectivity index (χ3n) is 3.56. The van der Waals surface area contributed by atoms with Crippen LogP contribution < -0.4 is 5.32 Å². The van der Waals surface area contributed by atoms with Gasteiger partial charge in [0.25, 0.3) is 0 Å². The van der Waals surface area contributed by atoms with E-state index in [-0.39, 0.29) is 23.9 Å². The molecular weight excluding hydrogens is 339 g/mol. The second-order valence-corrected chi connectivity index (χ2v) is 6.12. The number of unbranched alkanes of at least 4 members (excludes halogenated alkanes) is 1. The first-order chi connectivity index (χ1) is 10.0. The summed E-state index contributed by atoms with van der Waals surface area (Å²) in [6.45, 7) is 3.16. The summed E-state index contributed by atoms with van der Waals surface area (Å²) in [5.74, 6) is -1.20. The molecule has 0 unspecified atom stereocenters. The zero-order valence-corrected chi connectivity index (χ0v) is 13.5. The van der Waals surface area contributed by atoms with Gasteiger partial charge in [-0.3, -0.25) is 9.59 Å². The molecule has 1 aliphatic heterocycles. The lowest BCUT2D eigenvalue weighted by atomic mass is 10.1. The highest BCUT2D eigenvalue weighted by Gasteiger charge is 2.34. The number of halogens is 2. The molecule has 0 aromatic heterocycles. The van der Waals surface area contributed by atoms with Crippen LogP contribution in [0.1, 0.15) is 26.2 Å². The summed E-state index contributed by atoms with van der Waals surface area (Å²) in [5.41, 5.74) is 0.141. The smallest absolute Gasteiger partial charge is 0.229 e. The average Bonchev–Trinajstić information content (AvgIpc) is 2.81. The molecule has 2 rings (SSSR count). The second-order valence-electron chi connectivity index (χ2n) is 5.21. The monoisotopic (exact) mass is 356 g/mol. The van der Waals surface area contributed by atoms with Crippen LogP contribution >= 0.6 is 15.9 Å². The number of carbonyl (C=O) groups excluding carboxylic acids is 2. The van der Waals surface area contributed by atoms with Crippen LogP contribution in [0.2, 0.25) is 0 Å². The van der Waals surface area contributed by atoms with E-state index < -0.39 is 11.7 Å². The lowest BCUT2D eigenvalue weighted by Gasteiger charge is -2.16. The molecule has 21 heavy (non-hydrogen) atoms. The number of rotatable bonds is 5. The normalized spacial score (nSPS) is 18.1. The van der Waals surface area contributed by atoms with Crippen LogP contribution in [0.3, 0.4) is 0 Å². The van der Waals surface area contributed by atoms with E-state index in [1.54, 1.807) is 11.0 Å². The largest absolute Gasteiger partial charge is 0.342 e. The van der Waals surface area contributed by atoms with Crippen molar-refractivity contribution in [2.24, 2.45) is 5.92 Å². The molecule has 1 aromatic rings. The Bertz CT molecular complexity index is 550. The number of likely N-dealkylation sites (tertiary alicyclic amines) is 1. The SMILES string of the molecule is CCCCN1C[C@H](C(=O)Nc2ccc(Br)cc2F)CC1=O. The summed E-state index contributed by atoms with van der Waals surface area (Å²) in [7, 11) is 0. The minimum absolute atomic E-state index is 0.000113. The molecule has 1 heterocycles. The van der Waals surface area contributed by atoms with Gasteiger partial charge in [-0.05, 0) is 24.6 Å². The number of anilines is 1. The molecule has 6 heteroatoms. The number of amides is 2. The van der Waals surface area contributed by atoms with E-state index in [0.29, 0.717) is 17.6 Å². The molecule has 1 N–H and O–H groups in total. The van der Waals surface area contributed by atoms with E-state index in [4.69, 9.17) is 0 Å². The highest BCUT2D eigenvalue weighted by molar-refractivity contribution is 9.10. The average molecular weight is 357 g/mol. The van der Waals surface area contributed by atoms with E-state index in [0.717, 1.165) is 12.8 Å². The molecule has 1 saturated heterocycles. The summed E-state index contributed by atoms with van der Waals surface area (Å²) in [4.78, 5) is 25.7. The molecule has 1 aromatic carbocycles. The summed E-state index contributed by atoms with van der Waals surface area (Å²) in [6.07, 6.45) is 2.14. The number of nitrogens with one attached hydrogen (secondary N) is 1. The van der Waals surface area contributed by atoms with Crippen molar-refractivity contribution in [2.45, 2.75) is 26.2 Å². The first-order valence-corrected chi connectivity index (χ1v) is 7.84. The van der Waals surface area contributed by atoms with E-state index in [9.17, 15) is 14.0 Å². The zero-order valence-electron chi connectivity index (χ0n) is 11.9. The van der Waals surface area contributed by atoms with Gasteiger partial charge in [0.15, 0.2) is 0 Å². The number of carbonyl (C=O) groups is 2. The summed E-state index contributed by atoms with van der Waals surface area (Å²) >= 11 is 3.16. The quantitative estimate of drug-likeness (QED) is 0.880. The fraction of sp³-hybridized carbons (Fsp3) is 0.467. The molecule has 0 spiro atoms. The van der Waals surface area contributed by atoms with Gasteiger partial charge in [-0.25, -0.2) is 4.39 Å². The van der Waals surface area contributed by atoms with Gasteiger partial charge in [-0.1, -0.05) is 29.3 Å². The minimum atomic E-state index is -0.495. The Labute approximate surface area is 131 Å². The number of benzene rings is 1. The lowest BCUT2D eigenvalue weighted by molar-refractivity contribution is -0.128. The van der Waals surface area contributed by atoms with Crippen molar-refractivity contribution < 1.29 is 14.0 Å². The van der Waals surface area contributed by atoms with Crippen LogP contribution in [0.15, 0.2) is 22.7 Å². The maximum absolute atomic E-state index is 13.7. The first kappa shape index (κ1) is 15.9. The fourth-order valence-corrected chi connectivity index (χ4v) is 2.67. The molecule has 0 radical (unpaired) electrons. The van der Waals surface area contributed by atoms with E-state index in [1.807, 2.05) is 0 Å². The fourth-order valence-electron chi connectivity index (χ4n) is 2.34. The number of hydrogen-bond acceptors (Lipinski definition) is 2. The molecule has 1 fully saturated rings. The van der Waals surface area contributed by atoms with E-state index in [1.165, 1.54) is 12.1 Å². The highest BCUT2D eigenvalue weighted by Crippen LogP contribution is 2.23. The Hall–Kier alpha value is -1.43. The molecule has 0 aliphatic carbocycles. The van der Waals surface area contributed by atoms with Crippen LogP contribution in [0.4, 0.5) is 10.1 Å². The minimum Gasteiger partial charge on any atom is -0.342 e. The molecule has 1 aliphatic rings. The molecule has 114 valence electrons. The van der Waals surface area contributed by atoms with Gasteiger partial charge in [-0.15, -0.1) is 0 Å². The Morgan fingerprint density at radius 3 is 2.95 bits per heavy atom. The third kappa shape index (κ3) is 4.03. The molecule has 2 amide bonds. The van der Waals surface area contributed by atoms with Crippen molar-refractivity contribution in [1.29, 1.82) is 0 Å². The maximum Gasteiger partial charge on any atom is 0.229 e. The lowest BCUT2D eigenvalue weighted by Crippen LogP contribution is -2.29. The van der Waals surface area contributed by atoms with Gasteiger partial charge in [0, 0.05) is 24.0 Å². The van der Waals surface area contributed by atoms with Gasteiger partial charge in [0.2, 0.25) is 11.8 Å². The molecule has 1 atom stereocenters. The van der Waals surface area contributed by atoms with Crippen LogP contribution in [-0.2, 0) is 9.59 Å². The van der Waals surface area contributed by atoms with Crippen LogP contribution in [0.5, 0.6) is 0 Å². The Morgan fingerprint density at radius 2 is 2.29 bits per heavy atom. The Morgan fingerprint density at radius 1 is 1.52 bits per heavy atom. The second kappa shape index (κ2) is 7.02. The molecule has 0 saturated carbocycles. The van der Waals surface area contributed by atoms with Crippen molar-refractivity contribution in [1.82, 2.24) is 4.90 Å². The topological polar surface area (TPSA) is 49.4 Å². The van der Waals surface area contributed by atoms with E-state index >= 15 is 0 Å². The van der Waals surface area contributed by atoms with Crippen LogP contribution in [0, 0.1) is 11.7 Å². The standard InChI is InChI=1S/C15H18BrFN2O2/c1-2-3-6-19-9-10(7-14(19)20)15(21)18-13-5-4-11(16)8-12(13)17/h4-5,8,10H,2-3,6-7,9H2,1H3,(H,18,21)/t10-/m1/s1. The summed E-state index contributed by atoms with van der Waals surface area (Å²) < 4.78 is 14.3. The van der Waals surface area contributed by atoms with E-state index in [2.05, 4.69) is 28.2 Å². The number of hydrogen-bond donors (Lipinski definition) is 1. The van der Waals surface area contributed by atoms with Gasteiger partial charge < -0.3 is 10.2 Å². The van der Waals surface area contributed by atoms with Crippen molar-refractivity contribution >= 4 is 33.4 Å². The molecule has 4 nitrogen and oxygen atoms in total. The third-order valence-corrected chi connectivity index (χ3v) is 4.05. The van der Waals surface area contributed by atoms with Crippen LogP contribution in [0.25, 0.3) is 0 Å². The summed E-state index contributed by atoms with van der Waals surface area (Å²) in [5, 5.41) is 2.56. The highest BCUT2D eigenvalue weighted by atomic mass is 79.9. The maximum atomic E-state index is 13.7. The predicted molar refractivity (Wildman–Crippen MR) is 82.3 cm³/mol.